The smallest absolute Gasteiger partial charge is 0.222 e. The molecule has 2 heterocycles. The highest BCUT2D eigenvalue weighted by molar-refractivity contribution is 5.83. The van der Waals surface area contributed by atoms with Crippen molar-refractivity contribution >= 4 is 16.7 Å². The molecule has 0 unspecified atom stereocenters. The Morgan fingerprint density at radius 3 is 2.85 bits per heavy atom. The van der Waals surface area contributed by atoms with Gasteiger partial charge >= 0.3 is 0 Å². The van der Waals surface area contributed by atoms with Gasteiger partial charge in [-0.15, -0.1) is 0 Å². The molecule has 3 aromatic rings. The lowest BCUT2D eigenvalue weighted by molar-refractivity contribution is -0.132. The van der Waals surface area contributed by atoms with Gasteiger partial charge in [0.15, 0.2) is 0 Å². The molecule has 26 heavy (non-hydrogen) atoms. The standard InChI is InChI=1S/C22H25N3O/c1-17-23-12-14-25(17)21-7-4-13-24(16-21)22(26)11-9-18-8-10-19-5-2-3-6-20(19)15-18/h2-3,5-6,8,10,12,14-15,21H,4,7,9,11,13,16H2,1H3/t21-/m0/s1. The van der Waals surface area contributed by atoms with E-state index in [0.717, 1.165) is 38.2 Å². The van der Waals surface area contributed by atoms with Gasteiger partial charge in [-0.2, -0.15) is 0 Å². The van der Waals surface area contributed by atoms with Crippen LogP contribution in [0.4, 0.5) is 0 Å². The highest BCUT2D eigenvalue weighted by Crippen LogP contribution is 2.23. The first-order valence-corrected chi connectivity index (χ1v) is 9.45. The molecular weight excluding hydrogens is 322 g/mol. The minimum Gasteiger partial charge on any atom is -0.341 e. The minimum absolute atomic E-state index is 0.264. The van der Waals surface area contributed by atoms with E-state index < -0.39 is 0 Å². The number of nitrogens with zero attached hydrogens (tertiary/aromatic N) is 3. The third-order valence-corrected chi connectivity index (χ3v) is 5.45. The second-order valence-corrected chi connectivity index (χ2v) is 7.20. The second kappa shape index (κ2) is 7.32. The number of aryl methyl sites for hydroxylation is 2. The topological polar surface area (TPSA) is 38.1 Å². The van der Waals surface area contributed by atoms with Crippen LogP contribution in [0.15, 0.2) is 54.9 Å². The second-order valence-electron chi connectivity index (χ2n) is 7.20. The van der Waals surface area contributed by atoms with Crippen LogP contribution in [0.5, 0.6) is 0 Å². The number of benzene rings is 2. The lowest BCUT2D eigenvalue weighted by atomic mass is 10.0. The highest BCUT2D eigenvalue weighted by atomic mass is 16.2. The Balaban J connectivity index is 1.38. The van der Waals surface area contributed by atoms with Gasteiger partial charge in [-0.05, 0) is 42.5 Å². The van der Waals surface area contributed by atoms with Crippen molar-refractivity contribution in [3.8, 4) is 0 Å². The van der Waals surface area contributed by atoms with Gasteiger partial charge in [0.2, 0.25) is 5.91 Å². The summed E-state index contributed by atoms with van der Waals surface area (Å²) in [5, 5.41) is 2.49. The van der Waals surface area contributed by atoms with E-state index in [1.54, 1.807) is 0 Å². The fourth-order valence-electron chi connectivity index (χ4n) is 3.99. The van der Waals surface area contributed by atoms with E-state index >= 15 is 0 Å². The Morgan fingerprint density at radius 1 is 1.19 bits per heavy atom. The van der Waals surface area contributed by atoms with Gasteiger partial charge in [0.25, 0.3) is 0 Å². The quantitative estimate of drug-likeness (QED) is 0.711. The normalized spacial score (nSPS) is 17.6. The maximum absolute atomic E-state index is 12.7. The van der Waals surface area contributed by atoms with Crippen LogP contribution in [0, 0.1) is 6.92 Å². The van der Waals surface area contributed by atoms with Crippen LogP contribution < -0.4 is 0 Å². The summed E-state index contributed by atoms with van der Waals surface area (Å²) in [6.45, 7) is 3.70. The van der Waals surface area contributed by atoms with Crippen molar-refractivity contribution in [2.24, 2.45) is 0 Å². The summed E-state index contributed by atoms with van der Waals surface area (Å²) < 4.78 is 2.21. The number of carbonyl (C=O) groups excluding carboxylic acids is 1. The Morgan fingerprint density at radius 2 is 2.04 bits per heavy atom. The monoisotopic (exact) mass is 347 g/mol. The summed E-state index contributed by atoms with van der Waals surface area (Å²) >= 11 is 0. The molecule has 1 aromatic heterocycles. The summed E-state index contributed by atoms with van der Waals surface area (Å²) in [6.07, 6.45) is 7.43. The van der Waals surface area contributed by atoms with E-state index in [4.69, 9.17) is 0 Å². The summed E-state index contributed by atoms with van der Waals surface area (Å²) in [7, 11) is 0. The van der Waals surface area contributed by atoms with Gasteiger partial charge in [0, 0.05) is 31.9 Å². The van der Waals surface area contributed by atoms with Crippen molar-refractivity contribution in [3.05, 3.63) is 66.2 Å². The first-order valence-electron chi connectivity index (χ1n) is 9.45. The average Bonchev–Trinajstić information content (AvgIpc) is 3.12. The fourth-order valence-corrected chi connectivity index (χ4v) is 3.99. The van der Waals surface area contributed by atoms with Crippen LogP contribution in [0.25, 0.3) is 10.8 Å². The van der Waals surface area contributed by atoms with Gasteiger partial charge in [0.05, 0.1) is 6.04 Å². The molecule has 1 aliphatic heterocycles. The fraction of sp³-hybridized carbons (Fsp3) is 0.364. The van der Waals surface area contributed by atoms with Crippen LogP contribution >= 0.6 is 0 Å². The van der Waals surface area contributed by atoms with Gasteiger partial charge in [0.1, 0.15) is 5.82 Å². The van der Waals surface area contributed by atoms with E-state index in [1.165, 1.54) is 16.3 Å². The molecule has 134 valence electrons. The first-order chi connectivity index (χ1) is 12.7. The number of piperidine rings is 1. The van der Waals surface area contributed by atoms with Gasteiger partial charge < -0.3 is 9.47 Å². The Bertz CT molecular complexity index is 914. The molecule has 0 saturated carbocycles. The molecular formula is C22H25N3O. The maximum Gasteiger partial charge on any atom is 0.222 e. The van der Waals surface area contributed by atoms with E-state index in [2.05, 4.69) is 52.0 Å². The molecule has 0 radical (unpaired) electrons. The molecule has 1 saturated heterocycles. The van der Waals surface area contributed by atoms with Crippen LogP contribution in [0.3, 0.4) is 0 Å². The molecule has 1 atom stereocenters. The zero-order valence-corrected chi connectivity index (χ0v) is 15.3. The number of hydrogen-bond acceptors (Lipinski definition) is 2. The highest BCUT2D eigenvalue weighted by Gasteiger charge is 2.25. The largest absolute Gasteiger partial charge is 0.341 e. The van der Waals surface area contributed by atoms with Crippen molar-refractivity contribution in [3.63, 3.8) is 0 Å². The predicted molar refractivity (Wildman–Crippen MR) is 104 cm³/mol. The summed E-state index contributed by atoms with van der Waals surface area (Å²) in [6, 6.07) is 15.2. The first kappa shape index (κ1) is 16.8. The summed E-state index contributed by atoms with van der Waals surface area (Å²) in [5.74, 6) is 1.29. The Kier molecular flexibility index (Phi) is 4.74. The molecule has 4 nitrogen and oxygen atoms in total. The molecule has 1 fully saturated rings. The third kappa shape index (κ3) is 3.50. The van der Waals surface area contributed by atoms with Crippen molar-refractivity contribution in [1.82, 2.24) is 14.5 Å². The van der Waals surface area contributed by atoms with E-state index in [0.29, 0.717) is 12.5 Å². The van der Waals surface area contributed by atoms with Gasteiger partial charge in [-0.3, -0.25) is 4.79 Å². The zero-order valence-electron chi connectivity index (χ0n) is 15.3. The lowest BCUT2D eigenvalue weighted by Crippen LogP contribution is -2.40. The van der Waals surface area contributed by atoms with Crippen molar-refractivity contribution in [1.29, 1.82) is 0 Å². The number of aromatic nitrogens is 2. The molecule has 0 N–H and O–H groups in total. The Hall–Kier alpha value is -2.62. The molecule has 0 spiro atoms. The van der Waals surface area contributed by atoms with Gasteiger partial charge in [-0.1, -0.05) is 42.5 Å². The number of rotatable bonds is 4. The molecule has 1 amide bonds. The number of imidazole rings is 1. The number of amides is 1. The average molecular weight is 347 g/mol. The number of hydrogen-bond donors (Lipinski definition) is 0. The van der Waals surface area contributed by atoms with Crippen molar-refractivity contribution < 1.29 is 4.79 Å². The van der Waals surface area contributed by atoms with Crippen LogP contribution in [-0.2, 0) is 11.2 Å². The number of carbonyl (C=O) groups is 1. The van der Waals surface area contributed by atoms with Crippen LogP contribution in [0.1, 0.15) is 36.7 Å². The number of likely N-dealkylation sites (tertiary alicyclic amines) is 1. The zero-order chi connectivity index (χ0) is 17.9. The minimum atomic E-state index is 0.264. The lowest BCUT2D eigenvalue weighted by Gasteiger charge is -2.34. The molecule has 0 bridgehead atoms. The van der Waals surface area contributed by atoms with E-state index in [9.17, 15) is 4.79 Å². The van der Waals surface area contributed by atoms with Crippen molar-refractivity contribution in [2.45, 2.75) is 38.6 Å². The predicted octanol–water partition coefficient (Wildman–Crippen LogP) is 4.14. The van der Waals surface area contributed by atoms with Crippen molar-refractivity contribution in [2.75, 3.05) is 13.1 Å². The van der Waals surface area contributed by atoms with E-state index in [1.807, 2.05) is 24.2 Å². The van der Waals surface area contributed by atoms with Gasteiger partial charge in [-0.25, -0.2) is 4.98 Å². The molecule has 2 aromatic carbocycles. The van der Waals surface area contributed by atoms with Crippen LogP contribution in [0.2, 0.25) is 0 Å². The molecule has 1 aliphatic rings. The number of fused-ring (bicyclic) bond motifs is 1. The third-order valence-electron chi connectivity index (χ3n) is 5.45. The summed E-state index contributed by atoms with van der Waals surface area (Å²) in [4.78, 5) is 19.1. The van der Waals surface area contributed by atoms with Crippen LogP contribution in [-0.4, -0.2) is 33.4 Å². The van der Waals surface area contributed by atoms with E-state index in [-0.39, 0.29) is 5.91 Å². The maximum atomic E-state index is 12.7. The molecule has 4 heteroatoms. The Labute approximate surface area is 154 Å². The molecule has 0 aliphatic carbocycles. The molecule has 4 rings (SSSR count). The SMILES string of the molecule is Cc1nccn1[C@H]1CCCN(C(=O)CCc2ccc3ccccc3c2)C1. The summed E-state index contributed by atoms with van der Waals surface area (Å²) in [5.41, 5.74) is 1.23.